The topological polar surface area (TPSA) is 71.3 Å². The molecule has 1 N–H and O–H groups in total. The van der Waals surface area contributed by atoms with Gasteiger partial charge in [-0.15, -0.1) is 5.10 Å². The van der Waals surface area contributed by atoms with E-state index in [4.69, 9.17) is 14.8 Å². The molecule has 172 valence electrons. The Hall–Kier alpha value is -3.36. The van der Waals surface area contributed by atoms with E-state index < -0.39 is 0 Å². The van der Waals surface area contributed by atoms with Crippen molar-refractivity contribution in [1.82, 2.24) is 19.7 Å². The van der Waals surface area contributed by atoms with Crippen LogP contribution in [-0.4, -0.2) is 52.5 Å². The first-order valence-electron chi connectivity index (χ1n) is 11.7. The molecule has 0 radical (unpaired) electrons. The SMILES string of the molecule is COc1cc(N2CC3CC[C@@H](C2)[C@@H]3Nc2nc3n(n2)CCCN3c2ccc(F)cc2)ccn1. The van der Waals surface area contributed by atoms with Gasteiger partial charge in [-0.2, -0.15) is 4.98 Å². The summed E-state index contributed by atoms with van der Waals surface area (Å²) in [5.41, 5.74) is 2.11. The molecule has 9 heteroatoms. The minimum atomic E-state index is -0.230. The highest BCUT2D eigenvalue weighted by molar-refractivity contribution is 5.59. The second-order valence-corrected chi connectivity index (χ2v) is 9.17. The number of nitrogens with one attached hydrogen (secondary N) is 1. The number of aromatic nitrogens is 4. The lowest BCUT2D eigenvalue weighted by Crippen LogP contribution is -2.48. The van der Waals surface area contributed by atoms with Crippen LogP contribution in [0.25, 0.3) is 0 Å². The van der Waals surface area contributed by atoms with E-state index in [1.54, 1.807) is 19.2 Å². The Bertz CT molecular complexity index is 1120. The molecular formula is C24H28FN7O. The van der Waals surface area contributed by atoms with E-state index in [2.05, 4.69) is 26.2 Å². The van der Waals surface area contributed by atoms with Gasteiger partial charge in [-0.25, -0.2) is 14.1 Å². The van der Waals surface area contributed by atoms with Crippen LogP contribution in [0, 0.1) is 17.7 Å². The first-order chi connectivity index (χ1) is 16.2. The maximum atomic E-state index is 13.4. The van der Waals surface area contributed by atoms with Gasteiger partial charge in [0.2, 0.25) is 17.8 Å². The van der Waals surface area contributed by atoms with Gasteiger partial charge >= 0.3 is 0 Å². The standard InChI is InChI=1S/C24H28FN7O/c1-33-21-13-20(9-10-26-21)30-14-16-3-4-17(15-30)22(16)27-23-28-24-31(11-2-12-32(24)29-23)19-7-5-18(25)6-8-19/h5-10,13,16-17,22H,2-4,11-12,14-15H2,1H3,(H,27,29)/t16-,17?,22-/m0/s1. The predicted octanol–water partition coefficient (Wildman–Crippen LogP) is 3.69. The number of benzene rings is 1. The summed E-state index contributed by atoms with van der Waals surface area (Å²) in [5.74, 6) is 3.02. The number of anilines is 4. The van der Waals surface area contributed by atoms with Crippen molar-refractivity contribution in [2.45, 2.75) is 31.8 Å². The zero-order valence-electron chi connectivity index (χ0n) is 18.7. The maximum Gasteiger partial charge on any atom is 0.244 e. The second-order valence-electron chi connectivity index (χ2n) is 9.17. The highest BCUT2D eigenvalue weighted by atomic mass is 19.1. The van der Waals surface area contributed by atoms with Crippen molar-refractivity contribution in [2.24, 2.45) is 11.8 Å². The van der Waals surface area contributed by atoms with E-state index >= 15 is 0 Å². The predicted molar refractivity (Wildman–Crippen MR) is 125 cm³/mol. The molecule has 1 unspecified atom stereocenters. The number of ether oxygens (including phenoxy) is 1. The minimum Gasteiger partial charge on any atom is -0.481 e. The normalized spacial score (nSPS) is 24.0. The van der Waals surface area contributed by atoms with E-state index in [1.807, 2.05) is 16.9 Å². The zero-order chi connectivity index (χ0) is 22.4. The van der Waals surface area contributed by atoms with Gasteiger partial charge < -0.3 is 19.9 Å². The lowest BCUT2D eigenvalue weighted by Gasteiger charge is -2.39. The molecule has 0 spiro atoms. The van der Waals surface area contributed by atoms with Gasteiger partial charge in [0, 0.05) is 55.9 Å². The Morgan fingerprint density at radius 2 is 1.82 bits per heavy atom. The summed E-state index contributed by atoms with van der Waals surface area (Å²) in [5, 5.41) is 8.46. The Labute approximate surface area is 192 Å². The van der Waals surface area contributed by atoms with Crippen LogP contribution in [0.15, 0.2) is 42.6 Å². The van der Waals surface area contributed by atoms with Crippen LogP contribution in [-0.2, 0) is 6.54 Å². The number of aryl methyl sites for hydroxylation is 1. The molecule has 2 aromatic heterocycles. The van der Waals surface area contributed by atoms with Crippen molar-refractivity contribution in [2.75, 3.05) is 41.9 Å². The van der Waals surface area contributed by atoms with E-state index in [0.717, 1.165) is 44.2 Å². The molecule has 3 aromatic rings. The molecule has 2 aliphatic heterocycles. The molecule has 3 aliphatic rings. The Balaban J connectivity index is 1.19. The van der Waals surface area contributed by atoms with Gasteiger partial charge in [0.1, 0.15) is 5.82 Å². The van der Waals surface area contributed by atoms with Gasteiger partial charge in [-0.3, -0.25) is 0 Å². The smallest absolute Gasteiger partial charge is 0.244 e. The molecule has 1 saturated heterocycles. The molecule has 6 rings (SSSR count). The molecule has 4 heterocycles. The summed E-state index contributed by atoms with van der Waals surface area (Å²) in [6, 6.07) is 11.0. The first-order valence-corrected chi connectivity index (χ1v) is 11.7. The molecule has 3 atom stereocenters. The summed E-state index contributed by atoms with van der Waals surface area (Å²) < 4.78 is 20.7. The molecule has 2 bridgehead atoms. The maximum absolute atomic E-state index is 13.4. The summed E-state index contributed by atoms with van der Waals surface area (Å²) in [6.07, 6.45) is 5.20. The fraction of sp³-hybridized carbons (Fsp3) is 0.458. The van der Waals surface area contributed by atoms with Crippen molar-refractivity contribution < 1.29 is 9.13 Å². The van der Waals surface area contributed by atoms with E-state index in [9.17, 15) is 4.39 Å². The van der Waals surface area contributed by atoms with Crippen LogP contribution >= 0.6 is 0 Å². The lowest BCUT2D eigenvalue weighted by atomic mass is 9.92. The summed E-state index contributed by atoms with van der Waals surface area (Å²) in [6.45, 7) is 3.69. The molecule has 0 amide bonds. The number of pyridine rings is 1. The van der Waals surface area contributed by atoms with Gasteiger partial charge in [-0.05, 0) is 61.4 Å². The third kappa shape index (κ3) is 3.75. The van der Waals surface area contributed by atoms with E-state index in [0.29, 0.717) is 29.7 Å². The summed E-state index contributed by atoms with van der Waals surface area (Å²) in [4.78, 5) is 13.7. The lowest BCUT2D eigenvalue weighted by molar-refractivity contribution is 0.374. The highest BCUT2D eigenvalue weighted by Crippen LogP contribution is 2.40. The van der Waals surface area contributed by atoms with Gasteiger partial charge in [0.25, 0.3) is 0 Å². The van der Waals surface area contributed by atoms with Gasteiger partial charge in [0.15, 0.2) is 0 Å². The number of methoxy groups -OCH3 is 1. The van der Waals surface area contributed by atoms with Crippen LogP contribution in [0.4, 0.5) is 27.7 Å². The number of nitrogens with zero attached hydrogens (tertiary/aromatic N) is 6. The van der Waals surface area contributed by atoms with Crippen molar-refractivity contribution >= 4 is 23.3 Å². The fourth-order valence-corrected chi connectivity index (χ4v) is 5.61. The van der Waals surface area contributed by atoms with Crippen molar-refractivity contribution in [3.63, 3.8) is 0 Å². The Morgan fingerprint density at radius 1 is 1.03 bits per heavy atom. The number of halogens is 1. The van der Waals surface area contributed by atoms with Crippen LogP contribution in [0.3, 0.4) is 0 Å². The molecule has 33 heavy (non-hydrogen) atoms. The number of hydrogen-bond acceptors (Lipinski definition) is 7. The number of rotatable bonds is 5. The average Bonchev–Trinajstić information content (AvgIpc) is 3.35. The molecule has 1 aromatic carbocycles. The fourth-order valence-electron chi connectivity index (χ4n) is 5.61. The van der Waals surface area contributed by atoms with Crippen LogP contribution in [0.1, 0.15) is 19.3 Å². The summed E-state index contributed by atoms with van der Waals surface area (Å²) >= 11 is 0. The Morgan fingerprint density at radius 3 is 2.58 bits per heavy atom. The molecule has 2 fully saturated rings. The van der Waals surface area contributed by atoms with Crippen molar-refractivity contribution in [3.05, 3.63) is 48.4 Å². The summed E-state index contributed by atoms with van der Waals surface area (Å²) in [7, 11) is 1.65. The van der Waals surface area contributed by atoms with Crippen LogP contribution in [0.5, 0.6) is 5.88 Å². The number of fused-ring (bicyclic) bond motifs is 3. The molecular weight excluding hydrogens is 421 g/mol. The third-order valence-corrected chi connectivity index (χ3v) is 7.21. The molecule has 8 nitrogen and oxygen atoms in total. The highest BCUT2D eigenvalue weighted by Gasteiger charge is 2.43. The van der Waals surface area contributed by atoms with Crippen molar-refractivity contribution in [3.8, 4) is 5.88 Å². The van der Waals surface area contributed by atoms with Gasteiger partial charge in [0.05, 0.1) is 7.11 Å². The van der Waals surface area contributed by atoms with Gasteiger partial charge in [-0.1, -0.05) is 0 Å². The largest absolute Gasteiger partial charge is 0.481 e. The average molecular weight is 450 g/mol. The Kier molecular flexibility index (Phi) is 5.04. The third-order valence-electron chi connectivity index (χ3n) is 7.21. The zero-order valence-corrected chi connectivity index (χ0v) is 18.7. The first kappa shape index (κ1) is 20.3. The van der Waals surface area contributed by atoms with Crippen molar-refractivity contribution in [1.29, 1.82) is 0 Å². The van der Waals surface area contributed by atoms with E-state index in [-0.39, 0.29) is 5.82 Å². The van der Waals surface area contributed by atoms with Crippen LogP contribution in [0.2, 0.25) is 0 Å². The minimum absolute atomic E-state index is 0.230. The second kappa shape index (κ2) is 8.20. The van der Waals surface area contributed by atoms with E-state index in [1.165, 1.54) is 30.7 Å². The monoisotopic (exact) mass is 449 g/mol. The quantitative estimate of drug-likeness (QED) is 0.637. The molecule has 1 saturated carbocycles. The number of hydrogen-bond donors (Lipinski definition) is 1. The van der Waals surface area contributed by atoms with Crippen LogP contribution < -0.4 is 19.9 Å². The molecule has 1 aliphatic carbocycles. The number of piperidine rings is 1.